The summed E-state index contributed by atoms with van der Waals surface area (Å²) in [6, 6.07) is 6.36. The molecule has 0 amide bonds. The molecule has 2 aliphatic rings. The summed E-state index contributed by atoms with van der Waals surface area (Å²) in [5, 5.41) is 14.3. The third-order valence-electron chi connectivity index (χ3n) is 6.89. The Kier molecular flexibility index (Phi) is 6.58. The highest BCUT2D eigenvalue weighted by atomic mass is 16.3. The van der Waals surface area contributed by atoms with Crippen LogP contribution in [0, 0.1) is 0 Å². The lowest BCUT2D eigenvalue weighted by atomic mass is 10.2. The smallest absolute Gasteiger partial charge is 0.229 e. The van der Waals surface area contributed by atoms with Crippen LogP contribution in [0.25, 0.3) is 10.9 Å². The van der Waals surface area contributed by atoms with Gasteiger partial charge in [0, 0.05) is 63.1 Å². The number of fused-ring (bicyclic) bond motifs is 1. The van der Waals surface area contributed by atoms with E-state index in [-0.39, 0.29) is 0 Å². The van der Waals surface area contributed by atoms with Gasteiger partial charge in [0.2, 0.25) is 5.95 Å². The Morgan fingerprint density at radius 2 is 1.91 bits per heavy atom. The first-order valence-electron chi connectivity index (χ1n) is 12.2. The summed E-state index contributed by atoms with van der Waals surface area (Å²) in [6.45, 7) is 10.2. The average Bonchev–Trinajstić information content (AvgIpc) is 3.26. The van der Waals surface area contributed by atoms with Crippen LogP contribution in [0.15, 0.2) is 30.6 Å². The van der Waals surface area contributed by atoms with Crippen molar-refractivity contribution in [2.75, 3.05) is 50.0 Å². The van der Waals surface area contributed by atoms with Crippen molar-refractivity contribution in [2.45, 2.75) is 45.4 Å². The number of likely N-dealkylation sites (N-methyl/N-ethyl adjacent to an activating group) is 1. The Labute approximate surface area is 200 Å². The highest BCUT2D eigenvalue weighted by Gasteiger charge is 2.25. The van der Waals surface area contributed by atoms with Crippen molar-refractivity contribution in [2.24, 2.45) is 0 Å². The minimum Gasteiger partial charge on any atom is -0.387 e. The molecule has 9 nitrogen and oxygen atoms in total. The largest absolute Gasteiger partial charge is 0.387 e. The molecule has 2 N–H and O–H groups in total. The molecular formula is C25H34N8O. The number of aliphatic hydroxyl groups is 1. The number of piperazine rings is 1. The summed E-state index contributed by atoms with van der Waals surface area (Å²) >= 11 is 0. The van der Waals surface area contributed by atoms with E-state index in [2.05, 4.69) is 50.0 Å². The molecule has 34 heavy (non-hydrogen) atoms. The molecule has 5 rings (SSSR count). The number of aromatic nitrogens is 4. The molecule has 9 heteroatoms. The summed E-state index contributed by atoms with van der Waals surface area (Å²) in [5.41, 5.74) is 2.64. The predicted octanol–water partition coefficient (Wildman–Crippen LogP) is 2.95. The molecule has 5 heterocycles. The van der Waals surface area contributed by atoms with E-state index in [1.807, 2.05) is 18.3 Å². The van der Waals surface area contributed by atoms with Crippen LogP contribution in [0.3, 0.4) is 0 Å². The minimum absolute atomic E-state index is 0.390. The number of aliphatic hydroxyl groups excluding tert-OH is 1. The van der Waals surface area contributed by atoms with E-state index in [0.29, 0.717) is 23.5 Å². The lowest BCUT2D eigenvalue weighted by Gasteiger charge is -2.32. The van der Waals surface area contributed by atoms with Crippen molar-refractivity contribution in [3.63, 3.8) is 0 Å². The van der Waals surface area contributed by atoms with Crippen molar-refractivity contribution in [1.29, 1.82) is 0 Å². The van der Waals surface area contributed by atoms with Crippen LogP contribution in [0.1, 0.15) is 44.1 Å². The quantitative estimate of drug-likeness (QED) is 0.573. The third-order valence-corrected chi connectivity index (χ3v) is 6.89. The molecule has 0 aromatic carbocycles. The van der Waals surface area contributed by atoms with Crippen molar-refractivity contribution in [3.05, 3.63) is 41.9 Å². The van der Waals surface area contributed by atoms with E-state index in [4.69, 9.17) is 9.97 Å². The first-order valence-corrected chi connectivity index (χ1v) is 12.2. The molecule has 180 valence electrons. The molecule has 3 aromatic heterocycles. The summed E-state index contributed by atoms with van der Waals surface area (Å²) in [5.74, 6) is 2.02. The maximum absolute atomic E-state index is 10.2. The number of nitrogens with zero attached hydrogens (tertiary/aromatic N) is 7. The lowest BCUT2D eigenvalue weighted by Crippen LogP contribution is -2.43. The zero-order valence-corrected chi connectivity index (χ0v) is 20.3. The number of hydrogen-bond acceptors (Lipinski definition) is 9. The van der Waals surface area contributed by atoms with Gasteiger partial charge in [0.15, 0.2) is 5.82 Å². The fourth-order valence-corrected chi connectivity index (χ4v) is 4.74. The van der Waals surface area contributed by atoms with Gasteiger partial charge in [-0.25, -0.2) is 19.9 Å². The van der Waals surface area contributed by atoms with Crippen molar-refractivity contribution >= 4 is 28.5 Å². The SMILES string of the molecule is C[C@@H]1CCCN1c1nc([C@@H](C)O)cc2cnc(Nc3ccc(CN4CCN(C)CC4)cn3)nc12. The van der Waals surface area contributed by atoms with Gasteiger partial charge in [0.25, 0.3) is 0 Å². The van der Waals surface area contributed by atoms with Crippen molar-refractivity contribution in [1.82, 2.24) is 29.7 Å². The summed E-state index contributed by atoms with van der Waals surface area (Å²) in [4.78, 5) is 25.8. The van der Waals surface area contributed by atoms with E-state index in [9.17, 15) is 5.11 Å². The molecular weight excluding hydrogens is 428 g/mol. The second-order valence-electron chi connectivity index (χ2n) is 9.62. The Bertz CT molecular complexity index is 1130. The monoisotopic (exact) mass is 462 g/mol. The normalized spacial score (nSPS) is 20.7. The topological polar surface area (TPSA) is 93.5 Å². The first kappa shape index (κ1) is 22.9. The van der Waals surface area contributed by atoms with Gasteiger partial charge in [-0.2, -0.15) is 0 Å². The number of hydrogen-bond donors (Lipinski definition) is 2. The van der Waals surface area contributed by atoms with Gasteiger partial charge < -0.3 is 20.2 Å². The van der Waals surface area contributed by atoms with Gasteiger partial charge in [-0.05, 0) is 51.4 Å². The molecule has 0 bridgehead atoms. The highest BCUT2D eigenvalue weighted by molar-refractivity contribution is 5.89. The van der Waals surface area contributed by atoms with Crippen LogP contribution in [0.4, 0.5) is 17.6 Å². The molecule has 2 aliphatic heterocycles. The molecule has 2 saturated heterocycles. The van der Waals surface area contributed by atoms with Gasteiger partial charge in [-0.1, -0.05) is 6.07 Å². The molecule has 3 aromatic rings. The van der Waals surface area contributed by atoms with E-state index in [1.165, 1.54) is 5.56 Å². The number of rotatable bonds is 6. The molecule has 0 spiro atoms. The highest BCUT2D eigenvalue weighted by Crippen LogP contribution is 2.32. The van der Waals surface area contributed by atoms with Gasteiger partial charge in [0.1, 0.15) is 11.3 Å². The maximum atomic E-state index is 10.2. The van der Waals surface area contributed by atoms with Gasteiger partial charge >= 0.3 is 0 Å². The van der Waals surface area contributed by atoms with Crippen molar-refractivity contribution in [3.8, 4) is 0 Å². The molecule has 0 unspecified atom stereocenters. The lowest BCUT2D eigenvalue weighted by molar-refractivity contribution is 0.148. The van der Waals surface area contributed by atoms with Crippen LogP contribution < -0.4 is 10.2 Å². The molecule has 2 fully saturated rings. The fourth-order valence-electron chi connectivity index (χ4n) is 4.74. The first-order chi connectivity index (χ1) is 16.5. The second kappa shape index (κ2) is 9.77. The number of pyridine rings is 2. The van der Waals surface area contributed by atoms with Crippen LogP contribution >= 0.6 is 0 Å². The molecule has 0 saturated carbocycles. The van der Waals surface area contributed by atoms with E-state index >= 15 is 0 Å². The van der Waals surface area contributed by atoms with E-state index < -0.39 is 6.10 Å². The minimum atomic E-state index is -0.646. The van der Waals surface area contributed by atoms with Gasteiger partial charge in [-0.3, -0.25) is 4.90 Å². The Morgan fingerprint density at radius 3 is 2.59 bits per heavy atom. The number of nitrogens with one attached hydrogen (secondary N) is 1. The summed E-state index contributed by atoms with van der Waals surface area (Å²) in [7, 11) is 2.17. The van der Waals surface area contributed by atoms with Gasteiger partial charge in [-0.15, -0.1) is 0 Å². The predicted molar refractivity (Wildman–Crippen MR) is 134 cm³/mol. The van der Waals surface area contributed by atoms with Crippen LogP contribution in [0.2, 0.25) is 0 Å². The van der Waals surface area contributed by atoms with Gasteiger partial charge in [0.05, 0.1) is 11.8 Å². The summed E-state index contributed by atoms with van der Waals surface area (Å²) in [6.07, 6.45) is 5.33. The Hall–Kier alpha value is -2.88. The molecule has 2 atom stereocenters. The fraction of sp³-hybridized carbons (Fsp3) is 0.520. The van der Waals surface area contributed by atoms with Crippen molar-refractivity contribution < 1.29 is 5.11 Å². The Morgan fingerprint density at radius 1 is 1.09 bits per heavy atom. The number of anilines is 3. The van der Waals surface area contributed by atoms with E-state index in [1.54, 1.807) is 13.1 Å². The molecule has 0 aliphatic carbocycles. The van der Waals surface area contributed by atoms with Crippen LogP contribution in [-0.2, 0) is 6.54 Å². The third kappa shape index (κ3) is 4.96. The average molecular weight is 463 g/mol. The second-order valence-corrected chi connectivity index (χ2v) is 9.62. The van der Waals surface area contributed by atoms with Crippen LogP contribution in [0.5, 0.6) is 0 Å². The Balaban J connectivity index is 1.36. The molecule has 0 radical (unpaired) electrons. The standard InChI is InChI=1S/C25H34N8O/c1-17-5-4-8-33(17)24-23-20(13-21(28-24)18(2)34)15-27-25(30-23)29-22-7-6-19(14-26-22)16-32-11-9-31(3)10-12-32/h6-7,13-15,17-18,34H,4-5,8-12,16H2,1-3H3,(H,26,27,29,30)/t17-,18-/m1/s1. The summed E-state index contributed by atoms with van der Waals surface area (Å²) < 4.78 is 0. The maximum Gasteiger partial charge on any atom is 0.229 e. The zero-order chi connectivity index (χ0) is 23.7. The zero-order valence-electron chi connectivity index (χ0n) is 20.3. The van der Waals surface area contributed by atoms with Crippen LogP contribution in [-0.4, -0.2) is 80.7 Å². The van der Waals surface area contributed by atoms with E-state index in [0.717, 1.165) is 68.8 Å².